The Labute approximate surface area is 320 Å². The third-order valence-corrected chi connectivity index (χ3v) is 9.77. The molecule has 0 saturated heterocycles. The predicted molar refractivity (Wildman–Crippen MR) is 204 cm³/mol. The maximum Gasteiger partial charge on any atom is 0.472 e. The number of benzene rings is 3. The molecule has 0 aliphatic heterocycles. The van der Waals surface area contributed by atoms with Gasteiger partial charge in [-0.3, -0.25) is 18.2 Å². The van der Waals surface area contributed by atoms with Gasteiger partial charge >= 0.3 is 7.82 Å². The van der Waals surface area contributed by atoms with E-state index >= 15 is 0 Å². The van der Waals surface area contributed by atoms with E-state index in [-0.39, 0.29) is 44.8 Å². The number of hydrogen-bond acceptors (Lipinski definition) is 15. The number of nitrogens with two attached hydrogens (primary N) is 2. The summed E-state index contributed by atoms with van der Waals surface area (Å²) in [4.78, 5) is 35.5. The van der Waals surface area contributed by atoms with Crippen molar-refractivity contribution >= 4 is 41.8 Å². The number of fused-ring (bicyclic) bond motifs is 2. The van der Waals surface area contributed by atoms with Crippen molar-refractivity contribution in [3.8, 4) is 5.75 Å². The van der Waals surface area contributed by atoms with E-state index in [2.05, 4.69) is 29.9 Å². The molecule has 0 aliphatic carbocycles. The van der Waals surface area contributed by atoms with Crippen LogP contribution < -0.4 is 16.2 Å². The number of anilines is 2. The standard InChI is InChI=1S/C37H39N10O8P/c1-50-29-14-12-28(13-15-29)37(26-8-4-2-5-9-26,27-10-6-3-7-11-27)53-18-17-52-30(47-24-45-32-34(39)41-22-43-36(32)47)20-55-56(48,49)54-19-16-51-25-46-23-44-31-33(38)40-21-42-35(31)46/h2-15,21-24,30H,16-20,25H2,1H3,(H,48,49)(H2,38,40,42)(H2,39,41,43)/t30-/m1/s1. The first-order valence-electron chi connectivity index (χ1n) is 17.3. The second-order valence-corrected chi connectivity index (χ2v) is 13.6. The smallest absolute Gasteiger partial charge is 0.472 e. The molecule has 3 aromatic carbocycles. The van der Waals surface area contributed by atoms with Crippen LogP contribution in [0.2, 0.25) is 0 Å². The van der Waals surface area contributed by atoms with Gasteiger partial charge in [-0.2, -0.15) is 0 Å². The number of ether oxygens (including phenoxy) is 4. The summed E-state index contributed by atoms with van der Waals surface area (Å²) in [5, 5.41) is 0. The Kier molecular flexibility index (Phi) is 11.9. The number of nitrogen functional groups attached to an aromatic ring is 2. The van der Waals surface area contributed by atoms with Crippen LogP contribution in [0.1, 0.15) is 22.9 Å². The van der Waals surface area contributed by atoms with E-state index in [9.17, 15) is 9.46 Å². The molecule has 0 radical (unpaired) electrons. The molecule has 0 saturated carbocycles. The first-order chi connectivity index (χ1) is 27.3. The van der Waals surface area contributed by atoms with Gasteiger partial charge in [-0.15, -0.1) is 0 Å². The molecule has 0 bridgehead atoms. The molecule has 290 valence electrons. The lowest BCUT2D eigenvalue weighted by Gasteiger charge is -2.36. The average Bonchev–Trinajstić information content (AvgIpc) is 3.86. The van der Waals surface area contributed by atoms with Crippen LogP contribution in [0.5, 0.6) is 5.75 Å². The molecule has 0 aliphatic rings. The quantitative estimate of drug-likeness (QED) is 0.0583. The zero-order valence-electron chi connectivity index (χ0n) is 30.2. The molecule has 7 rings (SSSR count). The zero-order chi connectivity index (χ0) is 39.0. The van der Waals surface area contributed by atoms with Crippen LogP contribution in [0.15, 0.2) is 110 Å². The van der Waals surface area contributed by atoms with E-state index in [1.165, 1.54) is 29.9 Å². The fraction of sp³-hybridized carbons (Fsp3) is 0.243. The lowest BCUT2D eigenvalue weighted by molar-refractivity contribution is -0.0776. The van der Waals surface area contributed by atoms with Crippen LogP contribution in [0.3, 0.4) is 0 Å². The molecular formula is C37H39N10O8P. The van der Waals surface area contributed by atoms with Gasteiger partial charge in [0.25, 0.3) is 0 Å². The fourth-order valence-electron chi connectivity index (χ4n) is 6.15. The molecule has 0 spiro atoms. The lowest BCUT2D eigenvalue weighted by atomic mass is 9.80. The van der Waals surface area contributed by atoms with Gasteiger partial charge in [0.05, 0.1) is 46.2 Å². The van der Waals surface area contributed by atoms with Gasteiger partial charge in [-0.1, -0.05) is 72.8 Å². The molecule has 19 heteroatoms. The summed E-state index contributed by atoms with van der Waals surface area (Å²) in [6, 6.07) is 27.4. The first kappa shape index (κ1) is 38.4. The summed E-state index contributed by atoms with van der Waals surface area (Å²) in [7, 11) is -2.99. The summed E-state index contributed by atoms with van der Waals surface area (Å²) in [6.45, 7) is -0.625. The third kappa shape index (κ3) is 8.36. The molecule has 2 atom stereocenters. The van der Waals surface area contributed by atoms with Crippen molar-refractivity contribution in [2.75, 3.05) is 51.6 Å². The number of nitrogens with zero attached hydrogens (tertiary/aromatic N) is 8. The van der Waals surface area contributed by atoms with Crippen LogP contribution in [0.4, 0.5) is 11.6 Å². The number of imidazole rings is 2. The second kappa shape index (κ2) is 17.3. The van der Waals surface area contributed by atoms with Gasteiger partial charge in [0.1, 0.15) is 48.4 Å². The first-order valence-corrected chi connectivity index (χ1v) is 18.8. The van der Waals surface area contributed by atoms with Crippen molar-refractivity contribution in [3.05, 3.63) is 127 Å². The molecule has 56 heavy (non-hydrogen) atoms. The fourth-order valence-corrected chi connectivity index (χ4v) is 6.85. The summed E-state index contributed by atoms with van der Waals surface area (Å²) in [5.41, 5.74) is 15.1. The van der Waals surface area contributed by atoms with Crippen molar-refractivity contribution < 1.29 is 37.5 Å². The van der Waals surface area contributed by atoms with Gasteiger partial charge in [-0.05, 0) is 28.8 Å². The predicted octanol–water partition coefficient (Wildman–Crippen LogP) is 4.47. The lowest BCUT2D eigenvalue weighted by Crippen LogP contribution is -2.34. The van der Waals surface area contributed by atoms with Crippen molar-refractivity contribution in [2.24, 2.45) is 0 Å². The largest absolute Gasteiger partial charge is 0.497 e. The number of hydrogen-bond donors (Lipinski definition) is 3. The van der Waals surface area contributed by atoms with E-state index in [1.54, 1.807) is 11.7 Å². The Morgan fingerprint density at radius 3 is 1.98 bits per heavy atom. The molecule has 4 heterocycles. The highest BCUT2D eigenvalue weighted by atomic mass is 31.2. The molecule has 0 fully saturated rings. The van der Waals surface area contributed by atoms with Crippen LogP contribution in [0.25, 0.3) is 22.3 Å². The van der Waals surface area contributed by atoms with Gasteiger partial charge in [0.2, 0.25) is 0 Å². The average molecular weight is 783 g/mol. The van der Waals surface area contributed by atoms with Crippen LogP contribution >= 0.6 is 7.82 Å². The van der Waals surface area contributed by atoms with Gasteiger partial charge in [-0.25, -0.2) is 34.5 Å². The monoisotopic (exact) mass is 782 g/mol. The highest BCUT2D eigenvalue weighted by Crippen LogP contribution is 2.44. The number of phosphoric acid groups is 1. The molecule has 0 amide bonds. The summed E-state index contributed by atoms with van der Waals surface area (Å²) in [6.07, 6.45) is 4.53. The summed E-state index contributed by atoms with van der Waals surface area (Å²) in [5.74, 6) is 1.10. The van der Waals surface area contributed by atoms with E-state index in [0.717, 1.165) is 16.7 Å². The summed E-state index contributed by atoms with van der Waals surface area (Å²) >= 11 is 0. The van der Waals surface area contributed by atoms with E-state index < -0.39 is 26.3 Å². The second-order valence-electron chi connectivity index (χ2n) is 12.2. The Balaban J connectivity index is 1.05. The number of phosphoric ester groups is 1. The molecule has 1 unspecified atom stereocenters. The maximum atomic E-state index is 13.0. The van der Waals surface area contributed by atoms with Gasteiger partial charge in [0, 0.05) is 0 Å². The van der Waals surface area contributed by atoms with Crippen molar-refractivity contribution in [2.45, 2.75) is 18.6 Å². The Morgan fingerprint density at radius 2 is 1.32 bits per heavy atom. The van der Waals surface area contributed by atoms with Crippen LogP contribution in [-0.2, 0) is 40.2 Å². The topological polar surface area (TPSA) is 232 Å². The number of aromatic nitrogens is 8. The zero-order valence-corrected chi connectivity index (χ0v) is 31.1. The molecule has 7 aromatic rings. The Bertz CT molecular complexity index is 2360. The van der Waals surface area contributed by atoms with E-state index in [0.29, 0.717) is 28.1 Å². The minimum Gasteiger partial charge on any atom is -0.497 e. The number of rotatable bonds is 19. The third-order valence-electron chi connectivity index (χ3n) is 8.79. The van der Waals surface area contributed by atoms with E-state index in [4.69, 9.17) is 39.5 Å². The van der Waals surface area contributed by atoms with E-state index in [1.807, 2.05) is 84.9 Å². The molecule has 4 aromatic heterocycles. The van der Waals surface area contributed by atoms with Crippen LogP contribution in [0, 0.1) is 0 Å². The molecular weight excluding hydrogens is 743 g/mol. The Morgan fingerprint density at radius 1 is 0.714 bits per heavy atom. The van der Waals surface area contributed by atoms with Gasteiger partial charge in [0.15, 0.2) is 29.2 Å². The van der Waals surface area contributed by atoms with Crippen LogP contribution in [-0.4, -0.2) is 84.1 Å². The minimum absolute atomic E-state index is 0.00969. The number of methoxy groups -OCH3 is 1. The van der Waals surface area contributed by atoms with Crippen molar-refractivity contribution in [1.82, 2.24) is 39.0 Å². The highest BCUT2D eigenvalue weighted by Gasteiger charge is 2.38. The van der Waals surface area contributed by atoms with Crippen molar-refractivity contribution in [1.29, 1.82) is 0 Å². The SMILES string of the molecule is COc1ccc(C(OCCO[C@H](COP(=O)(O)OCCOCn2cnc3c(N)ncnc32)n2cnc3c(N)ncnc32)(c2ccccc2)c2ccccc2)cc1. The van der Waals surface area contributed by atoms with Crippen molar-refractivity contribution in [3.63, 3.8) is 0 Å². The maximum absolute atomic E-state index is 13.0. The Hall–Kier alpha value is -5.85. The van der Waals surface area contributed by atoms with Gasteiger partial charge < -0.3 is 35.3 Å². The highest BCUT2D eigenvalue weighted by molar-refractivity contribution is 7.47. The molecule has 5 N–H and O–H groups in total. The minimum atomic E-state index is -4.61. The normalized spacial score (nSPS) is 13.5. The summed E-state index contributed by atoms with van der Waals surface area (Å²) < 4.78 is 51.0. The molecule has 18 nitrogen and oxygen atoms in total.